The Balaban J connectivity index is 1.75. The van der Waals surface area contributed by atoms with E-state index in [0.717, 1.165) is 11.1 Å². The highest BCUT2D eigenvalue weighted by Gasteiger charge is 2.60. The molecule has 3 aromatic carbocycles. The summed E-state index contributed by atoms with van der Waals surface area (Å²) in [6.45, 7) is 3.76. The molecule has 170 valence electrons. The SMILES string of the molecule is CC12SC(c3ccccc3)=NC1=c1c(F)c(F)c(F)c(F)c1=C1N=C(c3ccccc3)SC12C. The highest BCUT2D eigenvalue weighted by atomic mass is 32.2. The van der Waals surface area contributed by atoms with Crippen LogP contribution in [0.25, 0.3) is 11.4 Å². The highest BCUT2D eigenvalue weighted by molar-refractivity contribution is 8.20. The van der Waals surface area contributed by atoms with Gasteiger partial charge in [0.25, 0.3) is 0 Å². The van der Waals surface area contributed by atoms with Crippen LogP contribution in [0.1, 0.15) is 25.0 Å². The van der Waals surface area contributed by atoms with Gasteiger partial charge < -0.3 is 0 Å². The van der Waals surface area contributed by atoms with E-state index >= 15 is 8.78 Å². The molecule has 0 bridgehead atoms. The minimum absolute atomic E-state index is 0.185. The Morgan fingerprint density at radius 3 is 1.26 bits per heavy atom. The fourth-order valence-electron chi connectivity index (χ4n) is 4.67. The molecule has 2 nitrogen and oxygen atoms in total. The lowest BCUT2D eigenvalue weighted by Gasteiger charge is -2.42. The lowest BCUT2D eigenvalue weighted by atomic mass is 9.81. The highest BCUT2D eigenvalue weighted by Crippen LogP contribution is 2.62. The molecule has 2 unspecified atom stereocenters. The minimum atomic E-state index is -1.85. The maximum atomic E-state index is 15.3. The number of thioether (sulfide) groups is 2. The molecule has 2 atom stereocenters. The molecule has 1 aliphatic carbocycles. The van der Waals surface area contributed by atoms with E-state index in [2.05, 4.69) is 0 Å². The molecule has 0 aromatic heterocycles. The molecule has 0 saturated carbocycles. The van der Waals surface area contributed by atoms with E-state index in [-0.39, 0.29) is 21.8 Å². The predicted molar refractivity (Wildman–Crippen MR) is 130 cm³/mol. The lowest BCUT2D eigenvalue weighted by Crippen LogP contribution is -2.56. The van der Waals surface area contributed by atoms with Crippen molar-refractivity contribution in [2.45, 2.75) is 23.3 Å². The molecule has 3 aromatic rings. The van der Waals surface area contributed by atoms with Crippen LogP contribution in [-0.2, 0) is 0 Å². The number of nitrogens with zero attached hydrogens (tertiary/aromatic N) is 2. The molecular weight excluding hydrogens is 480 g/mol. The normalized spacial score (nSPS) is 25.0. The molecule has 6 rings (SSSR count). The van der Waals surface area contributed by atoms with Gasteiger partial charge in [-0.05, 0) is 13.8 Å². The summed E-state index contributed by atoms with van der Waals surface area (Å²) in [5.74, 6) is -6.59. The van der Waals surface area contributed by atoms with Crippen LogP contribution < -0.4 is 10.4 Å². The number of aliphatic imine (C=N–C) groups is 2. The van der Waals surface area contributed by atoms with Crippen molar-refractivity contribution in [2.24, 2.45) is 9.98 Å². The fraction of sp³-hybridized carbons (Fsp3) is 0.154. The first-order valence-electron chi connectivity index (χ1n) is 10.5. The van der Waals surface area contributed by atoms with Crippen LogP contribution >= 0.6 is 23.5 Å². The molecule has 2 aliphatic heterocycles. The summed E-state index contributed by atoms with van der Waals surface area (Å²) in [6, 6.07) is 18.7. The van der Waals surface area contributed by atoms with Crippen LogP contribution in [0.4, 0.5) is 17.6 Å². The van der Waals surface area contributed by atoms with Gasteiger partial charge in [-0.2, -0.15) is 0 Å². The molecular formula is C26H16F4N2S2. The largest absolute Gasteiger partial charge is 0.244 e. The molecule has 0 spiro atoms. The smallest absolute Gasteiger partial charge is 0.198 e. The number of rotatable bonds is 2. The van der Waals surface area contributed by atoms with Crippen molar-refractivity contribution >= 4 is 45.0 Å². The standard InChI is InChI=1S/C26H16F4N2S2/c1-25-21(31-23(33-25)13-9-5-3-6-10-13)15-16(18(28)20(30)19(29)17(15)27)22-26(25,2)34-24(32-22)14-11-7-4-8-12-14/h3-12H,1-2H3. The minimum Gasteiger partial charge on any atom is -0.244 e. The summed E-state index contributed by atoms with van der Waals surface area (Å²) in [7, 11) is 0. The Labute approximate surface area is 201 Å². The lowest BCUT2D eigenvalue weighted by molar-refractivity contribution is 0.399. The summed E-state index contributed by atoms with van der Waals surface area (Å²) in [6.07, 6.45) is 0. The first-order valence-corrected chi connectivity index (χ1v) is 12.2. The number of benzene rings is 3. The van der Waals surface area contributed by atoms with E-state index < -0.39 is 32.8 Å². The van der Waals surface area contributed by atoms with Crippen molar-refractivity contribution in [3.63, 3.8) is 0 Å². The van der Waals surface area contributed by atoms with Crippen molar-refractivity contribution < 1.29 is 17.6 Å². The molecule has 34 heavy (non-hydrogen) atoms. The first-order chi connectivity index (χ1) is 16.3. The molecule has 2 heterocycles. The van der Waals surface area contributed by atoms with Crippen molar-refractivity contribution in [1.82, 2.24) is 0 Å². The topological polar surface area (TPSA) is 24.7 Å². The Bertz CT molecular complexity index is 1450. The van der Waals surface area contributed by atoms with Gasteiger partial charge >= 0.3 is 0 Å². The number of fused-ring (bicyclic) bond motifs is 4. The Morgan fingerprint density at radius 2 is 0.912 bits per heavy atom. The van der Waals surface area contributed by atoms with E-state index in [1.54, 1.807) is 0 Å². The second kappa shape index (κ2) is 7.33. The van der Waals surface area contributed by atoms with Gasteiger partial charge in [0.15, 0.2) is 23.3 Å². The number of hydrogen-bond acceptors (Lipinski definition) is 4. The summed E-state index contributed by atoms with van der Waals surface area (Å²) in [5, 5.41) is 0.488. The monoisotopic (exact) mass is 496 g/mol. The van der Waals surface area contributed by atoms with Crippen molar-refractivity contribution in [2.75, 3.05) is 0 Å². The molecule has 0 saturated heterocycles. The summed E-state index contributed by atoms with van der Waals surface area (Å²) < 4.78 is 57.7. The fourth-order valence-corrected chi connectivity index (χ4v) is 7.54. The predicted octanol–water partition coefficient (Wildman–Crippen LogP) is 5.38. The first kappa shape index (κ1) is 21.7. The molecule has 0 N–H and O–H groups in total. The van der Waals surface area contributed by atoms with Crippen molar-refractivity contribution in [3.05, 3.63) is 105 Å². The summed E-state index contributed by atoms with van der Waals surface area (Å²) >= 11 is 2.81. The Morgan fingerprint density at radius 1 is 0.559 bits per heavy atom. The van der Waals surface area contributed by atoms with Gasteiger partial charge in [-0.25, -0.2) is 27.5 Å². The summed E-state index contributed by atoms with van der Waals surface area (Å²) in [4.78, 5) is 9.38. The van der Waals surface area contributed by atoms with Gasteiger partial charge in [-0.15, -0.1) is 0 Å². The zero-order chi connectivity index (χ0) is 23.8. The van der Waals surface area contributed by atoms with Gasteiger partial charge in [0.1, 0.15) is 10.1 Å². The molecule has 0 fully saturated rings. The van der Waals surface area contributed by atoms with Gasteiger partial charge in [-0.1, -0.05) is 84.2 Å². The zero-order valence-electron chi connectivity index (χ0n) is 18.0. The van der Waals surface area contributed by atoms with E-state index in [9.17, 15) is 8.78 Å². The van der Waals surface area contributed by atoms with Crippen LogP contribution in [0.5, 0.6) is 0 Å². The van der Waals surface area contributed by atoms with Crippen LogP contribution in [0, 0.1) is 23.3 Å². The van der Waals surface area contributed by atoms with Gasteiger partial charge in [-0.3, -0.25) is 0 Å². The molecule has 0 amide bonds. The van der Waals surface area contributed by atoms with Crippen molar-refractivity contribution in [3.8, 4) is 0 Å². The van der Waals surface area contributed by atoms with Crippen LogP contribution in [0.3, 0.4) is 0 Å². The quantitative estimate of drug-likeness (QED) is 0.271. The Hall–Kier alpha value is -2.84. The van der Waals surface area contributed by atoms with Crippen molar-refractivity contribution in [1.29, 1.82) is 0 Å². The van der Waals surface area contributed by atoms with E-state index in [4.69, 9.17) is 9.98 Å². The van der Waals surface area contributed by atoms with Crippen LogP contribution in [-0.4, -0.2) is 19.6 Å². The van der Waals surface area contributed by atoms with Gasteiger partial charge in [0, 0.05) is 21.6 Å². The maximum Gasteiger partial charge on any atom is 0.198 e. The zero-order valence-corrected chi connectivity index (χ0v) is 19.6. The summed E-state index contributed by atoms with van der Waals surface area (Å²) in [5.41, 5.74) is 1.98. The average molecular weight is 497 g/mol. The second-order valence-electron chi connectivity index (χ2n) is 8.54. The van der Waals surface area contributed by atoms with Crippen LogP contribution in [0.15, 0.2) is 70.6 Å². The van der Waals surface area contributed by atoms with E-state index in [0.29, 0.717) is 10.1 Å². The Kier molecular flexibility index (Phi) is 4.67. The maximum absolute atomic E-state index is 15.3. The molecule has 3 aliphatic rings. The molecule has 8 heteroatoms. The number of halogens is 4. The van der Waals surface area contributed by atoms with E-state index in [1.807, 2.05) is 74.5 Å². The molecule has 0 radical (unpaired) electrons. The third kappa shape index (κ3) is 2.72. The van der Waals surface area contributed by atoms with Gasteiger partial charge in [0.2, 0.25) is 0 Å². The average Bonchev–Trinajstić information content (AvgIpc) is 3.41. The van der Waals surface area contributed by atoms with Crippen LogP contribution in [0.2, 0.25) is 0 Å². The third-order valence-electron chi connectivity index (χ3n) is 6.62. The van der Waals surface area contributed by atoms with Gasteiger partial charge in [0.05, 0.1) is 20.9 Å². The number of hydrogen-bond donors (Lipinski definition) is 0. The third-order valence-corrected chi connectivity index (χ3v) is 9.81. The van der Waals surface area contributed by atoms with E-state index in [1.165, 1.54) is 23.5 Å². The second-order valence-corrected chi connectivity index (χ2v) is 11.4.